The number of hydrazone groups is 1. The Morgan fingerprint density at radius 2 is 1.81 bits per heavy atom. The van der Waals surface area contributed by atoms with E-state index in [-0.39, 0.29) is 10.8 Å². The normalized spacial score (nSPS) is 12.9. The maximum absolute atomic E-state index is 11.7. The Bertz CT molecular complexity index is 464. The topological polar surface area (TPSA) is 58.5 Å². The molecule has 0 saturated carbocycles. The number of sulfonamides is 1. The molecule has 1 rings (SSSR count). The van der Waals surface area contributed by atoms with E-state index in [1.165, 1.54) is 12.1 Å². The van der Waals surface area contributed by atoms with Crippen molar-refractivity contribution in [2.75, 3.05) is 0 Å². The van der Waals surface area contributed by atoms with Gasteiger partial charge in [0.2, 0.25) is 0 Å². The highest BCUT2D eigenvalue weighted by Crippen LogP contribution is 2.07. The summed E-state index contributed by atoms with van der Waals surface area (Å²) < 4.78 is 23.5. The summed E-state index contributed by atoms with van der Waals surface area (Å²) in [6, 6.07) is 8.17. The summed E-state index contributed by atoms with van der Waals surface area (Å²) in [5.41, 5.74) is 0.750. The molecule has 4 nitrogen and oxygen atoms in total. The van der Waals surface area contributed by atoms with E-state index in [2.05, 4.69) is 9.93 Å². The van der Waals surface area contributed by atoms with Gasteiger partial charge >= 0.3 is 0 Å². The number of benzene rings is 1. The van der Waals surface area contributed by atoms with Crippen molar-refractivity contribution in [3.63, 3.8) is 0 Å². The molecular weight excluding hydrogens is 224 g/mol. The summed E-state index contributed by atoms with van der Waals surface area (Å²) in [5.74, 6) is 0.221. The van der Waals surface area contributed by atoms with Crippen LogP contribution in [0.5, 0.6) is 0 Å². The molecule has 0 aliphatic heterocycles. The van der Waals surface area contributed by atoms with Gasteiger partial charge in [0.15, 0.2) is 0 Å². The van der Waals surface area contributed by atoms with Crippen molar-refractivity contribution in [2.24, 2.45) is 11.0 Å². The smallest absolute Gasteiger partial charge is 0.200 e. The van der Waals surface area contributed by atoms with E-state index in [0.717, 1.165) is 5.71 Å². The fourth-order valence-electron chi connectivity index (χ4n) is 0.914. The molecule has 0 spiro atoms. The highest BCUT2D eigenvalue weighted by atomic mass is 32.2. The molecule has 1 aromatic carbocycles. The van der Waals surface area contributed by atoms with E-state index in [9.17, 15) is 8.42 Å². The van der Waals surface area contributed by atoms with Crippen LogP contribution in [0, 0.1) is 5.92 Å². The first-order valence-corrected chi connectivity index (χ1v) is 6.53. The van der Waals surface area contributed by atoms with Crippen molar-refractivity contribution in [1.82, 2.24) is 4.83 Å². The third-order valence-corrected chi connectivity index (χ3v) is 3.46. The van der Waals surface area contributed by atoms with Crippen molar-refractivity contribution in [3.05, 3.63) is 30.3 Å². The zero-order chi connectivity index (χ0) is 12.2. The molecule has 0 aliphatic rings. The van der Waals surface area contributed by atoms with E-state index >= 15 is 0 Å². The first kappa shape index (κ1) is 12.7. The molecule has 0 aliphatic carbocycles. The van der Waals surface area contributed by atoms with E-state index in [1.54, 1.807) is 25.1 Å². The second-order valence-electron chi connectivity index (χ2n) is 3.82. The van der Waals surface area contributed by atoms with Crippen LogP contribution in [0.4, 0.5) is 0 Å². The van der Waals surface area contributed by atoms with Gasteiger partial charge in [-0.25, -0.2) is 4.83 Å². The summed E-state index contributed by atoms with van der Waals surface area (Å²) in [5, 5.41) is 3.85. The standard InChI is InChI=1S/C11H16N2O2S/c1-9(2)10(3)12-13-16(14,15)11-7-5-4-6-8-11/h4-9,13H,1-3H3/b12-10+. The summed E-state index contributed by atoms with van der Waals surface area (Å²) in [7, 11) is -3.53. The van der Waals surface area contributed by atoms with Gasteiger partial charge in [0.1, 0.15) is 0 Å². The molecule has 1 aromatic rings. The number of rotatable bonds is 4. The predicted octanol–water partition coefficient (Wildman–Crippen LogP) is 2.00. The Hall–Kier alpha value is -1.36. The first-order chi connectivity index (χ1) is 7.43. The van der Waals surface area contributed by atoms with Gasteiger partial charge in [0.05, 0.1) is 4.90 Å². The molecule has 0 fully saturated rings. The van der Waals surface area contributed by atoms with Crippen LogP contribution < -0.4 is 4.83 Å². The monoisotopic (exact) mass is 240 g/mol. The van der Waals surface area contributed by atoms with Crippen LogP contribution in [0.3, 0.4) is 0 Å². The Labute approximate surface area is 96.4 Å². The molecular formula is C11H16N2O2S. The van der Waals surface area contributed by atoms with Gasteiger partial charge in [-0.2, -0.15) is 13.5 Å². The lowest BCUT2D eigenvalue weighted by atomic mass is 10.1. The number of nitrogens with zero attached hydrogens (tertiary/aromatic N) is 1. The maximum Gasteiger partial charge on any atom is 0.276 e. The minimum atomic E-state index is -3.53. The lowest BCUT2D eigenvalue weighted by Gasteiger charge is -2.06. The molecule has 0 atom stereocenters. The third kappa shape index (κ3) is 3.34. The molecule has 0 saturated heterocycles. The summed E-state index contributed by atoms with van der Waals surface area (Å²) in [6.45, 7) is 5.70. The zero-order valence-electron chi connectivity index (χ0n) is 9.64. The van der Waals surface area contributed by atoms with E-state index in [1.807, 2.05) is 13.8 Å². The van der Waals surface area contributed by atoms with Crippen molar-refractivity contribution in [2.45, 2.75) is 25.7 Å². The van der Waals surface area contributed by atoms with Gasteiger partial charge in [0.25, 0.3) is 10.0 Å². The van der Waals surface area contributed by atoms with Gasteiger partial charge in [-0.3, -0.25) is 0 Å². The van der Waals surface area contributed by atoms with E-state index in [4.69, 9.17) is 0 Å². The maximum atomic E-state index is 11.7. The van der Waals surface area contributed by atoms with Crippen LogP contribution in [-0.2, 0) is 10.0 Å². The number of nitrogens with one attached hydrogen (secondary N) is 1. The molecule has 0 radical (unpaired) electrons. The Kier molecular flexibility index (Phi) is 4.06. The summed E-state index contributed by atoms with van der Waals surface area (Å²) in [4.78, 5) is 2.43. The molecule has 0 bridgehead atoms. The highest BCUT2D eigenvalue weighted by molar-refractivity contribution is 7.89. The van der Waals surface area contributed by atoms with Gasteiger partial charge in [-0.05, 0) is 25.0 Å². The molecule has 16 heavy (non-hydrogen) atoms. The molecule has 0 heterocycles. The predicted molar refractivity (Wildman–Crippen MR) is 64.7 cm³/mol. The van der Waals surface area contributed by atoms with Crippen LogP contribution in [0.1, 0.15) is 20.8 Å². The summed E-state index contributed by atoms with van der Waals surface area (Å²) >= 11 is 0. The number of hydrogen-bond acceptors (Lipinski definition) is 3. The van der Waals surface area contributed by atoms with Gasteiger partial charge < -0.3 is 0 Å². The average Bonchev–Trinajstić information content (AvgIpc) is 2.27. The second kappa shape index (κ2) is 5.12. The first-order valence-electron chi connectivity index (χ1n) is 5.04. The Morgan fingerprint density at radius 3 is 2.31 bits per heavy atom. The third-order valence-electron chi connectivity index (χ3n) is 2.23. The fourth-order valence-corrected chi connectivity index (χ4v) is 1.80. The Morgan fingerprint density at radius 1 is 1.25 bits per heavy atom. The van der Waals surface area contributed by atoms with Crippen molar-refractivity contribution < 1.29 is 8.42 Å². The van der Waals surface area contributed by atoms with E-state index < -0.39 is 10.0 Å². The van der Waals surface area contributed by atoms with Gasteiger partial charge in [-0.1, -0.05) is 32.0 Å². The summed E-state index contributed by atoms with van der Waals surface area (Å²) in [6.07, 6.45) is 0. The molecule has 1 N–H and O–H groups in total. The minimum absolute atomic E-state index is 0.218. The van der Waals surface area contributed by atoms with Gasteiger partial charge in [0, 0.05) is 5.71 Å². The Balaban J connectivity index is 2.86. The minimum Gasteiger partial charge on any atom is -0.200 e. The van der Waals surface area contributed by atoms with Crippen molar-refractivity contribution >= 4 is 15.7 Å². The highest BCUT2D eigenvalue weighted by Gasteiger charge is 2.11. The molecule has 5 heteroatoms. The van der Waals surface area contributed by atoms with Crippen LogP contribution in [-0.4, -0.2) is 14.1 Å². The van der Waals surface area contributed by atoms with Crippen molar-refractivity contribution in [3.8, 4) is 0 Å². The molecule has 0 amide bonds. The largest absolute Gasteiger partial charge is 0.276 e. The quantitative estimate of drug-likeness (QED) is 0.646. The van der Waals surface area contributed by atoms with Crippen molar-refractivity contribution in [1.29, 1.82) is 0 Å². The SMILES string of the molecule is C/C(=N\NS(=O)(=O)c1ccccc1)C(C)C. The lowest BCUT2D eigenvalue weighted by molar-refractivity contribution is 0.584. The van der Waals surface area contributed by atoms with E-state index in [0.29, 0.717) is 0 Å². The molecule has 0 aromatic heterocycles. The second-order valence-corrected chi connectivity index (χ2v) is 5.48. The zero-order valence-corrected chi connectivity index (χ0v) is 10.5. The lowest BCUT2D eigenvalue weighted by Crippen LogP contribution is -2.20. The molecule has 88 valence electrons. The molecule has 0 unspecified atom stereocenters. The fraction of sp³-hybridized carbons (Fsp3) is 0.364. The van der Waals surface area contributed by atoms with Crippen LogP contribution in [0.25, 0.3) is 0 Å². The van der Waals surface area contributed by atoms with Crippen LogP contribution >= 0.6 is 0 Å². The van der Waals surface area contributed by atoms with Gasteiger partial charge in [-0.15, -0.1) is 0 Å². The van der Waals surface area contributed by atoms with Crippen LogP contribution in [0.2, 0.25) is 0 Å². The average molecular weight is 240 g/mol. The number of hydrogen-bond donors (Lipinski definition) is 1. The van der Waals surface area contributed by atoms with Crippen LogP contribution in [0.15, 0.2) is 40.3 Å².